The van der Waals surface area contributed by atoms with Crippen LogP contribution in [0, 0.1) is 0 Å². The molecule has 1 amide bonds. The first-order valence-electron chi connectivity index (χ1n) is 7.98. The first-order valence-corrected chi connectivity index (χ1v) is 8.74. The second-order valence-corrected chi connectivity index (χ2v) is 6.74. The molecule has 0 aliphatic carbocycles. The van der Waals surface area contributed by atoms with Gasteiger partial charge in [0, 0.05) is 29.3 Å². The van der Waals surface area contributed by atoms with Gasteiger partial charge in [0.05, 0.1) is 18.9 Å². The Morgan fingerprint density at radius 1 is 1.35 bits per heavy atom. The summed E-state index contributed by atoms with van der Waals surface area (Å²) in [5.41, 5.74) is 2.54. The summed E-state index contributed by atoms with van der Waals surface area (Å²) in [6, 6.07) is 8.45. The number of ether oxygens (including phenoxy) is 1. The third kappa shape index (κ3) is 2.70. The summed E-state index contributed by atoms with van der Waals surface area (Å²) in [6.45, 7) is 0.810. The number of halogens is 2. The van der Waals surface area contributed by atoms with Crippen molar-refractivity contribution in [3.05, 3.63) is 63.5 Å². The lowest BCUT2D eigenvalue weighted by Crippen LogP contribution is -2.32. The molecule has 1 aromatic carbocycles. The smallest absolute Gasteiger partial charge is 0.275 e. The summed E-state index contributed by atoms with van der Waals surface area (Å²) in [4.78, 5) is 14.6. The zero-order valence-corrected chi connectivity index (χ0v) is 15.3. The van der Waals surface area contributed by atoms with E-state index in [0.29, 0.717) is 40.3 Å². The van der Waals surface area contributed by atoms with Gasteiger partial charge in [-0.15, -0.1) is 0 Å². The normalized spacial score (nSPS) is 16.3. The molecule has 0 saturated carbocycles. The van der Waals surface area contributed by atoms with Crippen molar-refractivity contribution in [2.75, 3.05) is 20.3 Å². The number of fused-ring (bicyclic) bond motifs is 1. The minimum atomic E-state index is -0.406. The molecule has 3 aromatic rings. The second kappa shape index (κ2) is 6.79. The van der Waals surface area contributed by atoms with Gasteiger partial charge in [-0.1, -0.05) is 29.3 Å². The summed E-state index contributed by atoms with van der Waals surface area (Å²) in [7, 11) is 1.60. The minimum Gasteiger partial charge on any atom is -0.463 e. The van der Waals surface area contributed by atoms with E-state index in [1.165, 1.54) is 0 Å². The molecule has 0 spiro atoms. The molecule has 0 fully saturated rings. The van der Waals surface area contributed by atoms with E-state index in [1.807, 2.05) is 12.1 Å². The van der Waals surface area contributed by atoms with Gasteiger partial charge in [0.25, 0.3) is 5.91 Å². The predicted octanol–water partition coefficient (Wildman–Crippen LogP) is 4.17. The Morgan fingerprint density at radius 3 is 2.88 bits per heavy atom. The molecule has 1 atom stereocenters. The highest BCUT2D eigenvalue weighted by molar-refractivity contribution is 6.35. The fourth-order valence-corrected chi connectivity index (χ4v) is 3.78. The van der Waals surface area contributed by atoms with Crippen LogP contribution in [0.3, 0.4) is 0 Å². The number of H-pyrrole nitrogens is 1. The zero-order chi connectivity index (χ0) is 18.3. The van der Waals surface area contributed by atoms with Gasteiger partial charge in [0.1, 0.15) is 5.69 Å². The Labute approximate surface area is 159 Å². The van der Waals surface area contributed by atoms with Crippen molar-refractivity contribution in [1.29, 1.82) is 0 Å². The van der Waals surface area contributed by atoms with E-state index >= 15 is 0 Å². The molecule has 6 nitrogen and oxygen atoms in total. The third-order valence-electron chi connectivity index (χ3n) is 4.41. The molecule has 0 radical (unpaired) electrons. The van der Waals surface area contributed by atoms with Crippen LogP contribution in [0.2, 0.25) is 10.0 Å². The molecule has 134 valence electrons. The lowest BCUT2D eigenvalue weighted by molar-refractivity contribution is 0.0677. The number of aromatic nitrogens is 2. The molecule has 3 heterocycles. The third-order valence-corrected chi connectivity index (χ3v) is 4.98. The molecule has 0 bridgehead atoms. The van der Waals surface area contributed by atoms with Crippen LogP contribution < -0.4 is 0 Å². The summed E-state index contributed by atoms with van der Waals surface area (Å²) < 4.78 is 10.7. The van der Waals surface area contributed by atoms with Gasteiger partial charge >= 0.3 is 0 Å². The van der Waals surface area contributed by atoms with E-state index in [0.717, 1.165) is 11.1 Å². The Bertz CT molecular complexity index is 953. The van der Waals surface area contributed by atoms with E-state index < -0.39 is 6.04 Å². The van der Waals surface area contributed by atoms with Gasteiger partial charge in [-0.2, -0.15) is 5.10 Å². The largest absolute Gasteiger partial charge is 0.463 e. The number of methoxy groups -OCH3 is 1. The summed E-state index contributed by atoms with van der Waals surface area (Å²) in [5, 5.41) is 8.17. The maximum absolute atomic E-state index is 12.9. The van der Waals surface area contributed by atoms with E-state index in [9.17, 15) is 4.79 Å². The maximum atomic E-state index is 12.9. The number of benzene rings is 1. The topological polar surface area (TPSA) is 71.4 Å². The maximum Gasteiger partial charge on any atom is 0.275 e. The van der Waals surface area contributed by atoms with Crippen LogP contribution >= 0.6 is 23.2 Å². The van der Waals surface area contributed by atoms with E-state index in [1.54, 1.807) is 36.5 Å². The predicted molar refractivity (Wildman–Crippen MR) is 97.5 cm³/mol. The summed E-state index contributed by atoms with van der Waals surface area (Å²) >= 11 is 12.5. The number of amides is 1. The van der Waals surface area contributed by atoms with Crippen LogP contribution in [0.5, 0.6) is 0 Å². The Kier molecular flexibility index (Phi) is 4.48. The first kappa shape index (κ1) is 17.1. The zero-order valence-electron chi connectivity index (χ0n) is 13.8. The molecule has 1 aliphatic rings. The number of carbonyl (C=O) groups excluding carboxylic acids is 1. The summed E-state index contributed by atoms with van der Waals surface area (Å²) in [5.74, 6) is 0.428. The van der Waals surface area contributed by atoms with Crippen LogP contribution in [-0.2, 0) is 4.74 Å². The van der Waals surface area contributed by atoms with E-state index in [-0.39, 0.29) is 5.91 Å². The molecule has 1 N–H and O–H groups in total. The van der Waals surface area contributed by atoms with Crippen molar-refractivity contribution < 1.29 is 13.9 Å². The molecular formula is C18H15Cl2N3O3. The Balaban J connectivity index is 1.89. The van der Waals surface area contributed by atoms with Gasteiger partial charge < -0.3 is 14.1 Å². The number of aromatic amines is 1. The molecule has 0 saturated heterocycles. The second-order valence-electron chi connectivity index (χ2n) is 5.90. The van der Waals surface area contributed by atoms with E-state index in [4.69, 9.17) is 32.4 Å². The fourth-order valence-electron chi connectivity index (χ4n) is 3.26. The lowest BCUT2D eigenvalue weighted by Gasteiger charge is -2.26. The Morgan fingerprint density at radius 2 is 2.19 bits per heavy atom. The van der Waals surface area contributed by atoms with Gasteiger partial charge in [0.2, 0.25) is 0 Å². The number of nitrogens with zero attached hydrogens (tertiary/aromatic N) is 2. The quantitative estimate of drug-likeness (QED) is 0.708. The minimum absolute atomic E-state index is 0.179. The average molecular weight is 392 g/mol. The van der Waals surface area contributed by atoms with Crippen molar-refractivity contribution in [2.45, 2.75) is 6.04 Å². The molecular weight excluding hydrogens is 377 g/mol. The molecule has 2 aromatic heterocycles. The van der Waals surface area contributed by atoms with Crippen molar-refractivity contribution in [3.63, 3.8) is 0 Å². The lowest BCUT2D eigenvalue weighted by atomic mass is 9.98. The van der Waals surface area contributed by atoms with Crippen LogP contribution in [0.4, 0.5) is 0 Å². The van der Waals surface area contributed by atoms with Gasteiger partial charge in [0.15, 0.2) is 11.5 Å². The standard InChI is InChI=1S/C18H15Cl2N3O3/c1-25-8-6-23-17(11-5-4-10(19)9-12(11)20)14-15(13-3-2-7-26-13)21-22-16(14)18(23)24/h2-5,7,9,17H,6,8H2,1H3,(H,21,22)/t17-/m1/s1. The van der Waals surface area contributed by atoms with Crippen molar-refractivity contribution in [2.24, 2.45) is 0 Å². The Hall–Kier alpha value is -2.28. The first-order chi connectivity index (χ1) is 12.6. The van der Waals surface area contributed by atoms with Crippen molar-refractivity contribution in [3.8, 4) is 11.5 Å². The van der Waals surface area contributed by atoms with Gasteiger partial charge in [-0.3, -0.25) is 9.89 Å². The number of nitrogens with one attached hydrogen (secondary N) is 1. The molecule has 26 heavy (non-hydrogen) atoms. The van der Waals surface area contributed by atoms with Crippen molar-refractivity contribution in [1.82, 2.24) is 15.1 Å². The van der Waals surface area contributed by atoms with Gasteiger partial charge in [-0.25, -0.2) is 0 Å². The average Bonchev–Trinajstić information content (AvgIpc) is 3.32. The van der Waals surface area contributed by atoms with Crippen molar-refractivity contribution >= 4 is 29.1 Å². The van der Waals surface area contributed by atoms with Crippen LogP contribution in [-0.4, -0.2) is 41.3 Å². The monoisotopic (exact) mass is 391 g/mol. The number of carbonyl (C=O) groups is 1. The molecule has 0 unspecified atom stereocenters. The number of furan rings is 1. The van der Waals surface area contributed by atoms with Crippen LogP contribution in [0.1, 0.15) is 27.7 Å². The van der Waals surface area contributed by atoms with Crippen LogP contribution in [0.15, 0.2) is 41.0 Å². The fraction of sp³-hybridized carbons (Fsp3) is 0.222. The highest BCUT2D eigenvalue weighted by atomic mass is 35.5. The molecule has 1 aliphatic heterocycles. The summed E-state index contributed by atoms with van der Waals surface area (Å²) in [6.07, 6.45) is 1.58. The highest BCUT2D eigenvalue weighted by Gasteiger charge is 2.43. The van der Waals surface area contributed by atoms with E-state index in [2.05, 4.69) is 10.2 Å². The van der Waals surface area contributed by atoms with Crippen LogP contribution in [0.25, 0.3) is 11.5 Å². The number of hydrogen-bond acceptors (Lipinski definition) is 4. The highest BCUT2D eigenvalue weighted by Crippen LogP contribution is 2.44. The SMILES string of the molecule is COCCN1C(=O)c2n[nH]c(-c3ccco3)c2[C@H]1c1ccc(Cl)cc1Cl. The molecule has 8 heteroatoms. The molecule has 4 rings (SSSR count). The number of rotatable bonds is 5. The number of hydrogen-bond donors (Lipinski definition) is 1. The van der Waals surface area contributed by atoms with Gasteiger partial charge in [-0.05, 0) is 29.8 Å².